The fraction of sp³-hybridized carbons (Fsp3) is 0.778. The fourth-order valence-corrected chi connectivity index (χ4v) is 4.18. The standard InChI is InChI=1S/C18H30N4O/c1-4-14-11-21(13-17(14)20(2)3)18(23)15-10-19-22(12-15)16-8-6-5-7-9-16/h10,12,14,16-17H,4-9,11,13H2,1-3H3/t14-,17+/m0/s1. The zero-order valence-corrected chi connectivity index (χ0v) is 14.7. The van der Waals surface area contributed by atoms with E-state index in [-0.39, 0.29) is 5.91 Å². The van der Waals surface area contributed by atoms with Crippen molar-refractivity contribution >= 4 is 5.91 Å². The highest BCUT2D eigenvalue weighted by atomic mass is 16.2. The highest BCUT2D eigenvalue weighted by Gasteiger charge is 2.36. The Kier molecular flexibility index (Phi) is 5.05. The van der Waals surface area contributed by atoms with Crippen LogP contribution in [-0.4, -0.2) is 58.7 Å². The average molecular weight is 318 g/mol. The number of aromatic nitrogens is 2. The minimum atomic E-state index is 0.148. The van der Waals surface area contributed by atoms with Crippen molar-refractivity contribution in [3.63, 3.8) is 0 Å². The summed E-state index contributed by atoms with van der Waals surface area (Å²) in [6, 6.07) is 0.958. The van der Waals surface area contributed by atoms with Gasteiger partial charge in [0.15, 0.2) is 0 Å². The number of rotatable bonds is 4. The molecule has 0 aromatic carbocycles. The van der Waals surface area contributed by atoms with Gasteiger partial charge in [-0.25, -0.2) is 0 Å². The first-order valence-electron chi connectivity index (χ1n) is 9.10. The van der Waals surface area contributed by atoms with E-state index in [1.165, 1.54) is 32.1 Å². The second-order valence-corrected chi connectivity index (χ2v) is 7.41. The quantitative estimate of drug-likeness (QED) is 0.857. The summed E-state index contributed by atoms with van der Waals surface area (Å²) in [4.78, 5) is 17.1. The third-order valence-electron chi connectivity index (χ3n) is 5.68. The van der Waals surface area contributed by atoms with Crippen LogP contribution in [0.5, 0.6) is 0 Å². The maximum atomic E-state index is 12.8. The molecule has 1 amide bonds. The van der Waals surface area contributed by atoms with Gasteiger partial charge in [-0.05, 0) is 32.9 Å². The molecule has 3 rings (SSSR count). The summed E-state index contributed by atoms with van der Waals surface area (Å²) < 4.78 is 2.03. The minimum Gasteiger partial charge on any atom is -0.337 e. The summed E-state index contributed by atoms with van der Waals surface area (Å²) in [5.74, 6) is 0.720. The van der Waals surface area contributed by atoms with Crippen LogP contribution < -0.4 is 0 Å². The summed E-state index contributed by atoms with van der Waals surface area (Å²) in [6.45, 7) is 3.92. The topological polar surface area (TPSA) is 41.4 Å². The van der Waals surface area contributed by atoms with Gasteiger partial charge in [0.25, 0.3) is 5.91 Å². The molecule has 1 saturated carbocycles. The number of hydrogen-bond acceptors (Lipinski definition) is 3. The molecule has 0 spiro atoms. The monoisotopic (exact) mass is 318 g/mol. The minimum absolute atomic E-state index is 0.148. The predicted octanol–water partition coefficient (Wildman–Crippen LogP) is 2.80. The highest BCUT2D eigenvalue weighted by molar-refractivity contribution is 5.94. The van der Waals surface area contributed by atoms with E-state index >= 15 is 0 Å². The molecule has 1 saturated heterocycles. The molecular weight excluding hydrogens is 288 g/mol. The van der Waals surface area contributed by atoms with Crippen LogP contribution in [0.4, 0.5) is 0 Å². The zero-order valence-electron chi connectivity index (χ0n) is 14.7. The number of carbonyl (C=O) groups excluding carboxylic acids is 1. The largest absolute Gasteiger partial charge is 0.337 e. The fourth-order valence-electron chi connectivity index (χ4n) is 4.18. The first-order chi connectivity index (χ1) is 11.1. The van der Waals surface area contributed by atoms with Gasteiger partial charge in [0, 0.05) is 25.3 Å². The molecule has 1 aliphatic heterocycles. The third-order valence-corrected chi connectivity index (χ3v) is 5.68. The van der Waals surface area contributed by atoms with Crippen LogP contribution in [0.1, 0.15) is 61.8 Å². The van der Waals surface area contributed by atoms with Gasteiger partial charge in [-0.3, -0.25) is 9.48 Å². The number of likely N-dealkylation sites (N-methyl/N-ethyl adjacent to an activating group) is 1. The lowest BCUT2D eigenvalue weighted by Gasteiger charge is -2.23. The Hall–Kier alpha value is -1.36. The van der Waals surface area contributed by atoms with Crippen molar-refractivity contribution in [2.45, 2.75) is 57.5 Å². The molecule has 1 aromatic heterocycles. The van der Waals surface area contributed by atoms with Gasteiger partial charge < -0.3 is 9.80 Å². The molecule has 0 radical (unpaired) electrons. The van der Waals surface area contributed by atoms with Crippen LogP contribution in [0.2, 0.25) is 0 Å². The third kappa shape index (κ3) is 3.44. The van der Waals surface area contributed by atoms with Crippen molar-refractivity contribution < 1.29 is 4.79 Å². The number of nitrogens with zero attached hydrogens (tertiary/aromatic N) is 4. The van der Waals surface area contributed by atoms with Gasteiger partial charge in [0.05, 0.1) is 17.8 Å². The zero-order chi connectivity index (χ0) is 16.4. The van der Waals surface area contributed by atoms with Crippen LogP contribution in [0.15, 0.2) is 12.4 Å². The molecule has 2 fully saturated rings. The summed E-state index contributed by atoms with van der Waals surface area (Å²) >= 11 is 0. The number of amides is 1. The highest BCUT2D eigenvalue weighted by Crippen LogP contribution is 2.28. The lowest BCUT2D eigenvalue weighted by atomic mass is 9.96. The number of hydrogen-bond donors (Lipinski definition) is 0. The van der Waals surface area contributed by atoms with E-state index in [0.29, 0.717) is 18.0 Å². The molecule has 1 aliphatic carbocycles. The van der Waals surface area contributed by atoms with Crippen LogP contribution in [-0.2, 0) is 0 Å². The van der Waals surface area contributed by atoms with E-state index < -0.39 is 0 Å². The van der Waals surface area contributed by atoms with E-state index in [9.17, 15) is 4.79 Å². The van der Waals surface area contributed by atoms with E-state index in [1.54, 1.807) is 6.20 Å². The Morgan fingerprint density at radius 2 is 2.00 bits per heavy atom. The van der Waals surface area contributed by atoms with Gasteiger partial charge in [0.1, 0.15) is 0 Å². The maximum absolute atomic E-state index is 12.8. The first-order valence-corrected chi connectivity index (χ1v) is 9.10. The van der Waals surface area contributed by atoms with E-state index in [4.69, 9.17) is 0 Å². The average Bonchev–Trinajstić information content (AvgIpc) is 3.22. The van der Waals surface area contributed by atoms with E-state index in [2.05, 4.69) is 31.0 Å². The van der Waals surface area contributed by atoms with Gasteiger partial charge >= 0.3 is 0 Å². The molecule has 2 atom stereocenters. The summed E-state index contributed by atoms with van der Waals surface area (Å²) in [5, 5.41) is 4.48. The Morgan fingerprint density at radius 3 is 2.61 bits per heavy atom. The molecule has 128 valence electrons. The lowest BCUT2D eigenvalue weighted by Crippen LogP contribution is -2.36. The molecule has 1 aromatic rings. The molecule has 2 aliphatic rings. The second-order valence-electron chi connectivity index (χ2n) is 7.41. The van der Waals surface area contributed by atoms with Crippen LogP contribution in [0.25, 0.3) is 0 Å². The molecule has 5 nitrogen and oxygen atoms in total. The predicted molar refractivity (Wildman–Crippen MR) is 91.5 cm³/mol. The van der Waals surface area contributed by atoms with Crippen LogP contribution in [0.3, 0.4) is 0 Å². The van der Waals surface area contributed by atoms with Crippen molar-refractivity contribution in [2.75, 3.05) is 27.2 Å². The Bertz CT molecular complexity index is 533. The normalized spacial score (nSPS) is 26.2. The number of likely N-dealkylation sites (tertiary alicyclic amines) is 1. The molecule has 0 bridgehead atoms. The lowest BCUT2D eigenvalue weighted by molar-refractivity contribution is 0.0781. The van der Waals surface area contributed by atoms with Crippen molar-refractivity contribution in [3.05, 3.63) is 18.0 Å². The van der Waals surface area contributed by atoms with Gasteiger partial charge in [0.2, 0.25) is 0 Å². The molecular formula is C18H30N4O. The van der Waals surface area contributed by atoms with Crippen LogP contribution in [0, 0.1) is 5.92 Å². The summed E-state index contributed by atoms with van der Waals surface area (Å²) in [6.07, 6.45) is 11.1. The smallest absolute Gasteiger partial charge is 0.257 e. The summed E-state index contributed by atoms with van der Waals surface area (Å²) in [5.41, 5.74) is 0.754. The van der Waals surface area contributed by atoms with Crippen molar-refractivity contribution in [1.82, 2.24) is 19.6 Å². The summed E-state index contributed by atoms with van der Waals surface area (Å²) in [7, 11) is 4.23. The SMILES string of the molecule is CC[C@H]1CN(C(=O)c2cnn(C3CCCCC3)c2)C[C@H]1N(C)C. The second kappa shape index (κ2) is 7.04. The van der Waals surface area contributed by atoms with Crippen molar-refractivity contribution in [2.24, 2.45) is 5.92 Å². The van der Waals surface area contributed by atoms with Crippen molar-refractivity contribution in [3.8, 4) is 0 Å². The number of carbonyl (C=O) groups is 1. The molecule has 2 heterocycles. The van der Waals surface area contributed by atoms with Crippen molar-refractivity contribution in [1.29, 1.82) is 0 Å². The molecule has 23 heavy (non-hydrogen) atoms. The molecule has 5 heteroatoms. The van der Waals surface area contributed by atoms with E-state index in [1.807, 2.05) is 15.8 Å². The Labute approximate surface area is 139 Å². The first kappa shape index (κ1) is 16.5. The Balaban J connectivity index is 1.67. The van der Waals surface area contributed by atoms with Gasteiger partial charge in [-0.2, -0.15) is 5.10 Å². The van der Waals surface area contributed by atoms with Gasteiger partial charge in [-0.1, -0.05) is 32.6 Å². The van der Waals surface area contributed by atoms with E-state index in [0.717, 1.165) is 25.1 Å². The molecule has 0 N–H and O–H groups in total. The maximum Gasteiger partial charge on any atom is 0.257 e. The molecule has 0 unspecified atom stereocenters. The Morgan fingerprint density at radius 1 is 1.26 bits per heavy atom. The van der Waals surface area contributed by atoms with Gasteiger partial charge in [-0.15, -0.1) is 0 Å². The van der Waals surface area contributed by atoms with Crippen LogP contribution >= 0.6 is 0 Å².